The van der Waals surface area contributed by atoms with Gasteiger partial charge in [-0.05, 0) is 38.3 Å². The number of hydrogen-bond donors (Lipinski definition) is 1. The number of halogens is 2. The van der Waals surface area contributed by atoms with Gasteiger partial charge in [0.2, 0.25) is 5.91 Å². The molecule has 2 heterocycles. The smallest absolute Gasteiger partial charge is 0.274 e. The van der Waals surface area contributed by atoms with Crippen molar-refractivity contribution in [2.45, 2.75) is 39.2 Å². The predicted molar refractivity (Wildman–Crippen MR) is 122 cm³/mol. The van der Waals surface area contributed by atoms with Crippen molar-refractivity contribution in [2.75, 3.05) is 18.4 Å². The Morgan fingerprint density at radius 2 is 1.76 bits per heavy atom. The zero-order valence-electron chi connectivity index (χ0n) is 18.5. The maximum Gasteiger partial charge on any atom is 0.274 e. The number of carbonyl (C=O) groups excluding carboxylic acids is 2. The largest absolute Gasteiger partial charge is 0.328 e. The van der Waals surface area contributed by atoms with Gasteiger partial charge in [-0.2, -0.15) is 0 Å². The molecule has 2 aromatic carbocycles. The van der Waals surface area contributed by atoms with Crippen molar-refractivity contribution in [1.29, 1.82) is 0 Å². The average molecular weight is 453 g/mol. The molecular formula is C25H26F2N4O2. The van der Waals surface area contributed by atoms with Crippen LogP contribution in [0.1, 0.15) is 42.4 Å². The summed E-state index contributed by atoms with van der Waals surface area (Å²) in [5, 5.41) is 2.24. The van der Waals surface area contributed by atoms with E-state index in [0.717, 1.165) is 61.4 Å². The van der Waals surface area contributed by atoms with Crippen molar-refractivity contribution in [2.24, 2.45) is 0 Å². The minimum Gasteiger partial charge on any atom is -0.328 e. The Labute approximate surface area is 191 Å². The van der Waals surface area contributed by atoms with Gasteiger partial charge in [0.05, 0.1) is 5.69 Å². The van der Waals surface area contributed by atoms with Crippen molar-refractivity contribution in [3.63, 3.8) is 0 Å². The van der Waals surface area contributed by atoms with Gasteiger partial charge >= 0.3 is 0 Å². The molecule has 2 amide bonds. The van der Waals surface area contributed by atoms with E-state index in [0.29, 0.717) is 5.69 Å². The van der Waals surface area contributed by atoms with E-state index >= 15 is 0 Å². The van der Waals surface area contributed by atoms with Crippen LogP contribution in [-0.4, -0.2) is 39.4 Å². The lowest BCUT2D eigenvalue weighted by molar-refractivity contribution is -0.116. The molecule has 0 atom stereocenters. The van der Waals surface area contributed by atoms with Crippen LogP contribution in [0, 0.1) is 11.6 Å². The third kappa shape index (κ3) is 4.79. The third-order valence-electron chi connectivity index (χ3n) is 5.83. The van der Waals surface area contributed by atoms with E-state index in [9.17, 15) is 18.4 Å². The van der Waals surface area contributed by atoms with Crippen molar-refractivity contribution in [3.8, 4) is 11.4 Å². The van der Waals surface area contributed by atoms with Crippen LogP contribution in [0.15, 0.2) is 48.5 Å². The van der Waals surface area contributed by atoms with Gasteiger partial charge in [-0.25, -0.2) is 13.8 Å². The monoisotopic (exact) mass is 452 g/mol. The molecule has 3 aromatic rings. The van der Waals surface area contributed by atoms with Crippen LogP contribution in [0.2, 0.25) is 0 Å². The number of para-hydroxylation sites is 1. The Morgan fingerprint density at radius 1 is 1.03 bits per heavy atom. The number of aromatic nitrogens is 2. The Kier molecular flexibility index (Phi) is 6.82. The minimum absolute atomic E-state index is 0.249. The Bertz CT molecular complexity index is 1140. The standard InChI is InChI=1S/C25H26F2N4O2/c1-2-30(16-21(32)28-22-18(26)12-9-13-19(22)27)25(33)23-20-14-7-4-8-15-31(20)24(29-23)17-10-5-3-6-11-17/h3,5-6,9-13H,2,4,7-8,14-16H2,1H3,(H,28,32). The lowest BCUT2D eigenvalue weighted by Gasteiger charge is -2.20. The van der Waals surface area contributed by atoms with E-state index in [1.54, 1.807) is 6.92 Å². The molecule has 0 bridgehead atoms. The number of rotatable bonds is 6. The van der Waals surface area contributed by atoms with Crippen LogP contribution in [-0.2, 0) is 17.8 Å². The second-order valence-electron chi connectivity index (χ2n) is 8.02. The first kappa shape index (κ1) is 22.6. The first-order chi connectivity index (χ1) is 16.0. The summed E-state index contributed by atoms with van der Waals surface area (Å²) in [7, 11) is 0. The highest BCUT2D eigenvalue weighted by atomic mass is 19.1. The van der Waals surface area contributed by atoms with Gasteiger partial charge in [0.1, 0.15) is 35.4 Å². The minimum atomic E-state index is -0.871. The van der Waals surface area contributed by atoms with E-state index in [-0.39, 0.29) is 19.0 Å². The lowest BCUT2D eigenvalue weighted by Crippen LogP contribution is -2.38. The van der Waals surface area contributed by atoms with E-state index in [1.165, 1.54) is 11.0 Å². The van der Waals surface area contributed by atoms with Gasteiger partial charge in [-0.3, -0.25) is 9.59 Å². The molecule has 4 rings (SSSR count). The molecular weight excluding hydrogens is 426 g/mol. The molecule has 1 aromatic heterocycles. The van der Waals surface area contributed by atoms with Crippen LogP contribution < -0.4 is 5.32 Å². The zero-order chi connectivity index (χ0) is 23.4. The maximum atomic E-state index is 13.9. The number of carbonyl (C=O) groups is 2. The quantitative estimate of drug-likeness (QED) is 0.592. The number of imidazole rings is 1. The molecule has 0 spiro atoms. The number of nitrogens with zero attached hydrogens (tertiary/aromatic N) is 3. The van der Waals surface area contributed by atoms with Crippen LogP contribution in [0.3, 0.4) is 0 Å². The van der Waals surface area contributed by atoms with E-state index in [1.807, 2.05) is 30.3 Å². The van der Waals surface area contributed by atoms with Gasteiger partial charge in [0, 0.05) is 18.7 Å². The Hall–Kier alpha value is -3.55. The number of fused-ring (bicyclic) bond motifs is 1. The van der Waals surface area contributed by atoms with E-state index in [2.05, 4.69) is 9.88 Å². The maximum absolute atomic E-state index is 13.9. The molecule has 0 unspecified atom stereocenters. The third-order valence-corrected chi connectivity index (χ3v) is 5.83. The highest BCUT2D eigenvalue weighted by Crippen LogP contribution is 2.28. The molecule has 1 aliphatic rings. The Balaban J connectivity index is 1.60. The van der Waals surface area contributed by atoms with Crippen molar-refractivity contribution < 1.29 is 18.4 Å². The summed E-state index contributed by atoms with van der Waals surface area (Å²) in [6, 6.07) is 13.1. The van der Waals surface area contributed by atoms with Crippen molar-refractivity contribution in [1.82, 2.24) is 14.5 Å². The molecule has 1 N–H and O–H groups in total. The fourth-order valence-electron chi connectivity index (χ4n) is 4.15. The SMILES string of the molecule is CCN(CC(=O)Nc1c(F)cccc1F)C(=O)c1nc(-c2ccccc2)n2c1CCCCC2. The van der Waals surface area contributed by atoms with Gasteiger partial charge in [-0.1, -0.05) is 42.8 Å². The summed E-state index contributed by atoms with van der Waals surface area (Å²) >= 11 is 0. The Morgan fingerprint density at radius 3 is 2.45 bits per heavy atom. The molecule has 0 radical (unpaired) electrons. The second kappa shape index (κ2) is 9.94. The highest BCUT2D eigenvalue weighted by molar-refractivity contribution is 5.99. The first-order valence-electron chi connectivity index (χ1n) is 11.2. The number of amides is 2. The molecule has 6 nitrogen and oxygen atoms in total. The summed E-state index contributed by atoms with van der Waals surface area (Å²) in [5.41, 5.74) is 1.61. The summed E-state index contributed by atoms with van der Waals surface area (Å²) in [4.78, 5) is 32.0. The van der Waals surface area contributed by atoms with Crippen molar-refractivity contribution >= 4 is 17.5 Å². The molecule has 1 aliphatic heterocycles. The van der Waals surface area contributed by atoms with E-state index < -0.39 is 23.2 Å². The fourth-order valence-corrected chi connectivity index (χ4v) is 4.15. The topological polar surface area (TPSA) is 67.2 Å². The van der Waals surface area contributed by atoms with Gasteiger partial charge in [0.25, 0.3) is 5.91 Å². The highest BCUT2D eigenvalue weighted by Gasteiger charge is 2.28. The number of hydrogen-bond acceptors (Lipinski definition) is 3. The number of anilines is 1. The van der Waals surface area contributed by atoms with Crippen molar-refractivity contribution in [3.05, 3.63) is 71.6 Å². The molecule has 0 saturated heterocycles. The predicted octanol–water partition coefficient (Wildman–Crippen LogP) is 4.66. The average Bonchev–Trinajstić information content (AvgIpc) is 3.00. The van der Waals surface area contributed by atoms with E-state index in [4.69, 9.17) is 4.98 Å². The summed E-state index contributed by atoms with van der Waals surface area (Å²) < 4.78 is 29.9. The summed E-state index contributed by atoms with van der Waals surface area (Å²) in [6.45, 7) is 2.44. The van der Waals surface area contributed by atoms with Crippen LogP contribution in [0.25, 0.3) is 11.4 Å². The van der Waals surface area contributed by atoms with Gasteiger partial charge < -0.3 is 14.8 Å². The molecule has 0 aliphatic carbocycles. The normalized spacial score (nSPS) is 13.2. The lowest BCUT2D eigenvalue weighted by atomic mass is 10.1. The number of nitrogens with one attached hydrogen (secondary N) is 1. The molecule has 172 valence electrons. The van der Waals surface area contributed by atoms with Crippen LogP contribution in [0.5, 0.6) is 0 Å². The summed E-state index contributed by atoms with van der Waals surface area (Å²) in [6.07, 6.45) is 3.76. The van der Waals surface area contributed by atoms with Crippen LogP contribution in [0.4, 0.5) is 14.5 Å². The molecule has 33 heavy (non-hydrogen) atoms. The molecule has 8 heteroatoms. The summed E-state index contributed by atoms with van der Waals surface area (Å²) in [5.74, 6) is -2.05. The van der Waals surface area contributed by atoms with Gasteiger partial charge in [0.15, 0.2) is 0 Å². The number of likely N-dealkylation sites (N-methyl/N-ethyl adjacent to an activating group) is 1. The second-order valence-corrected chi connectivity index (χ2v) is 8.02. The van der Waals surface area contributed by atoms with Gasteiger partial charge in [-0.15, -0.1) is 0 Å². The molecule has 0 fully saturated rings. The molecule has 0 saturated carbocycles. The fraction of sp³-hybridized carbons (Fsp3) is 0.320. The van der Waals surface area contributed by atoms with Crippen LogP contribution >= 0.6 is 0 Å². The first-order valence-corrected chi connectivity index (χ1v) is 11.2. The number of benzene rings is 2. The zero-order valence-corrected chi connectivity index (χ0v) is 18.5.